The molecule has 3 heteroatoms. The van der Waals surface area contributed by atoms with Crippen molar-refractivity contribution >= 4 is 6.41 Å². The van der Waals surface area contributed by atoms with Crippen molar-refractivity contribution < 1.29 is 9.53 Å². The van der Waals surface area contributed by atoms with Crippen LogP contribution in [0, 0.1) is 0 Å². The number of nitrogens with one attached hydrogen (secondary N) is 1. The Balaban J connectivity index is 3.38. The zero-order valence-electron chi connectivity index (χ0n) is 6.17. The van der Waals surface area contributed by atoms with Gasteiger partial charge >= 0.3 is 0 Å². The van der Waals surface area contributed by atoms with Crippen LogP contribution in [0.4, 0.5) is 0 Å². The summed E-state index contributed by atoms with van der Waals surface area (Å²) in [4.78, 5) is 9.94. The lowest BCUT2D eigenvalue weighted by Gasteiger charge is -2.11. The molecule has 0 saturated heterocycles. The summed E-state index contributed by atoms with van der Waals surface area (Å²) in [7, 11) is 0. The molecule has 0 rings (SSSR count). The van der Waals surface area contributed by atoms with Gasteiger partial charge in [-0.25, -0.2) is 0 Å². The summed E-state index contributed by atoms with van der Waals surface area (Å²) >= 11 is 0. The number of carbonyl (C=O) groups excluding carboxylic acids is 1. The third kappa shape index (κ3) is 3.95. The molecule has 1 unspecified atom stereocenters. The van der Waals surface area contributed by atoms with Gasteiger partial charge in [0.15, 0.2) is 0 Å². The van der Waals surface area contributed by atoms with E-state index in [4.69, 9.17) is 4.74 Å². The molecule has 1 N–H and O–H groups in total. The minimum absolute atomic E-state index is 0.107. The van der Waals surface area contributed by atoms with E-state index in [-0.39, 0.29) is 6.04 Å². The predicted molar refractivity (Wildman–Crippen MR) is 39.4 cm³/mol. The fourth-order valence-electron chi connectivity index (χ4n) is 0.564. The Morgan fingerprint density at radius 1 is 1.80 bits per heavy atom. The predicted octanol–water partition coefficient (Wildman–Crippen LogP) is 0.671. The van der Waals surface area contributed by atoms with Gasteiger partial charge in [-0.3, -0.25) is 4.79 Å². The zero-order valence-corrected chi connectivity index (χ0v) is 6.17. The van der Waals surface area contributed by atoms with E-state index in [1.807, 2.05) is 6.92 Å². The van der Waals surface area contributed by atoms with Crippen molar-refractivity contribution in [1.82, 2.24) is 5.32 Å². The van der Waals surface area contributed by atoms with Crippen LogP contribution in [0.1, 0.15) is 13.3 Å². The Bertz CT molecular complexity index is 104. The van der Waals surface area contributed by atoms with Crippen molar-refractivity contribution in [2.24, 2.45) is 0 Å². The number of ether oxygens (including phenoxy) is 1. The summed E-state index contributed by atoms with van der Waals surface area (Å²) in [6, 6.07) is 0.107. The van der Waals surface area contributed by atoms with Gasteiger partial charge in [0.2, 0.25) is 6.41 Å². The molecule has 0 aromatic heterocycles. The Kier molecular flexibility index (Phi) is 5.53. The summed E-state index contributed by atoms with van der Waals surface area (Å²) < 4.78 is 4.88. The molecule has 0 radical (unpaired) electrons. The SMILES string of the molecule is C=COCC(CC)NC=O. The normalized spacial score (nSPS) is 11.7. The summed E-state index contributed by atoms with van der Waals surface area (Å²) in [6.07, 6.45) is 2.92. The van der Waals surface area contributed by atoms with Gasteiger partial charge in [-0.05, 0) is 6.42 Å². The summed E-state index contributed by atoms with van der Waals surface area (Å²) in [6.45, 7) is 5.87. The monoisotopic (exact) mass is 143 g/mol. The maximum Gasteiger partial charge on any atom is 0.207 e. The first kappa shape index (κ1) is 9.01. The number of carbonyl (C=O) groups is 1. The average Bonchev–Trinajstić information content (AvgIpc) is 1.98. The highest BCUT2D eigenvalue weighted by atomic mass is 16.5. The van der Waals surface area contributed by atoms with Crippen LogP contribution in [0.25, 0.3) is 0 Å². The van der Waals surface area contributed by atoms with E-state index in [9.17, 15) is 4.79 Å². The van der Waals surface area contributed by atoms with E-state index in [2.05, 4.69) is 11.9 Å². The number of hydrogen-bond donors (Lipinski definition) is 1. The number of hydrogen-bond acceptors (Lipinski definition) is 2. The fourth-order valence-corrected chi connectivity index (χ4v) is 0.564. The Morgan fingerprint density at radius 2 is 2.50 bits per heavy atom. The van der Waals surface area contributed by atoms with Gasteiger partial charge in [0.1, 0.15) is 6.61 Å². The number of rotatable bonds is 6. The second-order valence-electron chi connectivity index (χ2n) is 1.89. The third-order valence-electron chi connectivity index (χ3n) is 1.21. The molecule has 0 aliphatic heterocycles. The maximum atomic E-state index is 9.94. The van der Waals surface area contributed by atoms with Crippen LogP contribution in [0.3, 0.4) is 0 Å². The standard InChI is InChI=1S/C7H13NO2/c1-3-7(8-6-9)5-10-4-2/h4,6-7H,2-3,5H2,1H3,(H,8,9). The highest BCUT2D eigenvalue weighted by molar-refractivity contribution is 5.46. The lowest BCUT2D eigenvalue weighted by molar-refractivity contribution is -0.110. The minimum Gasteiger partial charge on any atom is -0.500 e. The largest absolute Gasteiger partial charge is 0.500 e. The molecule has 10 heavy (non-hydrogen) atoms. The highest BCUT2D eigenvalue weighted by Crippen LogP contribution is 1.90. The minimum atomic E-state index is 0.107. The second-order valence-corrected chi connectivity index (χ2v) is 1.89. The Labute approximate surface area is 61.1 Å². The molecule has 0 fully saturated rings. The van der Waals surface area contributed by atoms with Crippen molar-refractivity contribution in [3.8, 4) is 0 Å². The topological polar surface area (TPSA) is 38.3 Å². The fraction of sp³-hybridized carbons (Fsp3) is 0.571. The van der Waals surface area contributed by atoms with E-state index in [0.717, 1.165) is 6.42 Å². The lowest BCUT2D eigenvalue weighted by atomic mass is 10.2. The third-order valence-corrected chi connectivity index (χ3v) is 1.21. The highest BCUT2D eigenvalue weighted by Gasteiger charge is 2.01. The number of amides is 1. The first-order chi connectivity index (χ1) is 4.85. The van der Waals surface area contributed by atoms with Gasteiger partial charge in [-0.1, -0.05) is 13.5 Å². The first-order valence-corrected chi connectivity index (χ1v) is 3.27. The quantitative estimate of drug-likeness (QED) is 0.438. The van der Waals surface area contributed by atoms with E-state index < -0.39 is 0 Å². The summed E-state index contributed by atoms with van der Waals surface area (Å²) in [5.41, 5.74) is 0. The second kappa shape index (κ2) is 6.13. The maximum absolute atomic E-state index is 9.94. The van der Waals surface area contributed by atoms with Gasteiger partial charge in [0.05, 0.1) is 12.3 Å². The first-order valence-electron chi connectivity index (χ1n) is 3.27. The van der Waals surface area contributed by atoms with Gasteiger partial charge < -0.3 is 10.1 Å². The van der Waals surface area contributed by atoms with Crippen LogP contribution in [0.15, 0.2) is 12.8 Å². The van der Waals surface area contributed by atoms with Crippen molar-refractivity contribution in [2.75, 3.05) is 6.61 Å². The van der Waals surface area contributed by atoms with Gasteiger partial charge in [0.25, 0.3) is 0 Å². The molecule has 1 amide bonds. The van der Waals surface area contributed by atoms with Crippen molar-refractivity contribution in [1.29, 1.82) is 0 Å². The Hall–Kier alpha value is -0.990. The van der Waals surface area contributed by atoms with Crippen molar-refractivity contribution in [2.45, 2.75) is 19.4 Å². The van der Waals surface area contributed by atoms with E-state index in [1.54, 1.807) is 0 Å². The molecule has 0 spiro atoms. The molecule has 0 bridgehead atoms. The van der Waals surface area contributed by atoms with Crippen molar-refractivity contribution in [3.63, 3.8) is 0 Å². The van der Waals surface area contributed by atoms with Crippen LogP contribution in [0.2, 0.25) is 0 Å². The molecule has 3 nitrogen and oxygen atoms in total. The van der Waals surface area contributed by atoms with E-state index >= 15 is 0 Å². The molecule has 0 aromatic carbocycles. The van der Waals surface area contributed by atoms with Gasteiger partial charge in [0, 0.05) is 0 Å². The van der Waals surface area contributed by atoms with Crippen LogP contribution >= 0.6 is 0 Å². The molecule has 0 saturated carbocycles. The molecule has 0 aliphatic rings. The Morgan fingerprint density at radius 3 is 2.90 bits per heavy atom. The molecule has 0 aliphatic carbocycles. The van der Waals surface area contributed by atoms with Crippen molar-refractivity contribution in [3.05, 3.63) is 12.8 Å². The molecule has 0 aromatic rings. The van der Waals surface area contributed by atoms with Crippen LogP contribution < -0.4 is 5.32 Å². The van der Waals surface area contributed by atoms with Crippen LogP contribution in [-0.4, -0.2) is 19.1 Å². The van der Waals surface area contributed by atoms with Crippen LogP contribution in [-0.2, 0) is 9.53 Å². The zero-order chi connectivity index (χ0) is 7.82. The molecular formula is C7H13NO2. The average molecular weight is 143 g/mol. The molecule has 0 heterocycles. The van der Waals surface area contributed by atoms with Gasteiger partial charge in [-0.2, -0.15) is 0 Å². The summed E-state index contributed by atoms with van der Waals surface area (Å²) in [5.74, 6) is 0. The van der Waals surface area contributed by atoms with Crippen LogP contribution in [0.5, 0.6) is 0 Å². The van der Waals surface area contributed by atoms with Gasteiger partial charge in [-0.15, -0.1) is 0 Å². The van der Waals surface area contributed by atoms with E-state index in [0.29, 0.717) is 13.0 Å². The molecule has 1 atom stereocenters. The molecular weight excluding hydrogens is 130 g/mol. The van der Waals surface area contributed by atoms with E-state index in [1.165, 1.54) is 6.26 Å². The summed E-state index contributed by atoms with van der Waals surface area (Å²) in [5, 5.41) is 2.61. The lowest BCUT2D eigenvalue weighted by Crippen LogP contribution is -2.30. The molecule has 58 valence electrons. The smallest absolute Gasteiger partial charge is 0.207 e.